The van der Waals surface area contributed by atoms with Crippen molar-refractivity contribution in [3.8, 4) is 0 Å². The van der Waals surface area contributed by atoms with E-state index in [1.165, 1.54) is 0 Å². The molecule has 1 heterocycles. The van der Waals surface area contributed by atoms with E-state index in [4.69, 9.17) is 10.5 Å². The molecule has 0 unspecified atom stereocenters. The van der Waals surface area contributed by atoms with Crippen molar-refractivity contribution in [1.82, 2.24) is 0 Å². The highest BCUT2D eigenvalue weighted by Gasteiger charge is 2.12. The first-order valence-electron chi connectivity index (χ1n) is 6.58. The number of carbonyl (C=O) groups excluding carboxylic acids is 2. The first-order valence-corrected chi connectivity index (χ1v) is 6.58. The second-order valence-corrected chi connectivity index (χ2v) is 4.41. The quantitative estimate of drug-likeness (QED) is 0.450. The molecule has 112 valence electrons. The Morgan fingerprint density at radius 2 is 2.05 bits per heavy atom. The summed E-state index contributed by atoms with van der Waals surface area (Å²) in [6.07, 6.45) is 7.53. The van der Waals surface area contributed by atoms with Crippen molar-refractivity contribution in [3.05, 3.63) is 30.1 Å². The largest absolute Gasteiger partial charge is 0.461 e. The fraction of sp³-hybridized carbons (Fsp3) is 0.500. The molecule has 0 aliphatic rings. The van der Waals surface area contributed by atoms with E-state index in [9.17, 15) is 9.59 Å². The van der Waals surface area contributed by atoms with Crippen molar-refractivity contribution in [1.29, 1.82) is 0 Å². The van der Waals surface area contributed by atoms with Crippen LogP contribution in [0.5, 0.6) is 0 Å². The average molecular weight is 302 g/mol. The number of nitrogens with two attached hydrogens (primary N) is 1. The van der Waals surface area contributed by atoms with Crippen LogP contribution in [-0.2, 0) is 16.1 Å². The number of hydrogen-bond donors (Lipinski definition) is 1. The Balaban J connectivity index is 0.00000361. The molecule has 2 N–H and O–H groups in total. The fourth-order valence-electron chi connectivity index (χ4n) is 1.68. The molecule has 5 nitrogen and oxygen atoms in total. The molecule has 1 aromatic heterocycles. The highest BCUT2D eigenvalue weighted by molar-refractivity contribution is 5.92. The molecule has 0 fully saturated rings. The van der Waals surface area contributed by atoms with Crippen molar-refractivity contribution in [3.63, 3.8) is 0 Å². The number of ether oxygens (including phenoxy) is 1. The fourth-order valence-corrected chi connectivity index (χ4v) is 1.68. The maximum atomic E-state index is 11.6. The molecule has 6 heteroatoms. The third-order valence-corrected chi connectivity index (χ3v) is 2.72. The van der Waals surface area contributed by atoms with Gasteiger partial charge >= 0.3 is 5.97 Å². The molecule has 0 aliphatic heterocycles. The Hall–Kier alpha value is -1.62. The number of nitrogens with zero attached hydrogens (tertiary/aromatic N) is 1. The highest BCUT2D eigenvalue weighted by atomic mass is 35.5. The molecule has 0 aromatic carbocycles. The Morgan fingerprint density at radius 3 is 2.70 bits per heavy atom. The van der Waals surface area contributed by atoms with Crippen LogP contribution in [0, 0.1) is 0 Å². The molecule has 1 rings (SSSR count). The van der Waals surface area contributed by atoms with Crippen molar-refractivity contribution < 1.29 is 18.9 Å². The van der Waals surface area contributed by atoms with Gasteiger partial charge in [0.05, 0.1) is 6.61 Å². The van der Waals surface area contributed by atoms with E-state index in [0.29, 0.717) is 12.2 Å². The molecule has 0 atom stereocenters. The number of esters is 1. The molecule has 0 saturated heterocycles. The smallest absolute Gasteiger partial charge is 0.372 e. The van der Waals surface area contributed by atoms with E-state index in [0.717, 1.165) is 25.7 Å². The van der Waals surface area contributed by atoms with Crippen molar-refractivity contribution >= 4 is 24.3 Å². The van der Waals surface area contributed by atoms with Gasteiger partial charge in [-0.1, -0.05) is 26.2 Å². The molecule has 1 amide bonds. The van der Waals surface area contributed by atoms with Gasteiger partial charge in [0.15, 0.2) is 12.4 Å². The van der Waals surface area contributed by atoms with Crippen LogP contribution in [0.4, 0.5) is 0 Å². The van der Waals surface area contributed by atoms with E-state index in [1.54, 1.807) is 29.1 Å². The Kier molecular flexibility index (Phi) is 9.38. The molecule has 1 aromatic rings. The Labute approximate surface area is 125 Å². The molecule has 0 spiro atoms. The van der Waals surface area contributed by atoms with E-state index < -0.39 is 5.91 Å². The van der Waals surface area contributed by atoms with Gasteiger partial charge in [0.2, 0.25) is 6.54 Å². The highest BCUT2D eigenvalue weighted by Crippen LogP contribution is 1.99. The number of unbranched alkanes of at least 4 members (excludes halogenated alkanes) is 3. The van der Waals surface area contributed by atoms with Gasteiger partial charge in [-0.3, -0.25) is 4.79 Å². The van der Waals surface area contributed by atoms with Crippen molar-refractivity contribution in [2.75, 3.05) is 6.61 Å². The summed E-state index contributed by atoms with van der Waals surface area (Å²) in [5, 5.41) is 0. The molecule has 20 heavy (non-hydrogen) atoms. The second kappa shape index (κ2) is 10.2. The molecular formula is C14H22ClN2O3+. The van der Waals surface area contributed by atoms with E-state index in [-0.39, 0.29) is 24.9 Å². The Bertz CT molecular complexity index is 438. The standard InChI is InChI=1S/C14H20N2O3.ClH/c1-2-3-4-5-9-19-13(17)11-16-8-6-7-12(10-16)14(15)18;/h6-8,10H,2-5,9,11H2,1H3,(H-,15,18);1H/p+1. The third-order valence-electron chi connectivity index (χ3n) is 2.72. The lowest BCUT2D eigenvalue weighted by molar-refractivity contribution is -0.686. The molecular weight excluding hydrogens is 280 g/mol. The van der Waals surface area contributed by atoms with Crippen LogP contribution in [0.25, 0.3) is 0 Å². The van der Waals surface area contributed by atoms with Gasteiger partial charge in [0.1, 0.15) is 5.56 Å². The maximum Gasteiger partial charge on any atom is 0.372 e. The zero-order chi connectivity index (χ0) is 14.1. The summed E-state index contributed by atoms with van der Waals surface area (Å²) in [5.41, 5.74) is 5.55. The van der Waals surface area contributed by atoms with Crippen LogP contribution in [0.2, 0.25) is 0 Å². The van der Waals surface area contributed by atoms with Gasteiger partial charge < -0.3 is 10.5 Å². The van der Waals surface area contributed by atoms with Crippen LogP contribution in [0.3, 0.4) is 0 Å². The van der Waals surface area contributed by atoms with E-state index >= 15 is 0 Å². The molecule has 0 radical (unpaired) electrons. The van der Waals surface area contributed by atoms with Gasteiger partial charge in [-0.05, 0) is 12.5 Å². The monoisotopic (exact) mass is 301 g/mol. The second-order valence-electron chi connectivity index (χ2n) is 4.41. The maximum absolute atomic E-state index is 11.6. The summed E-state index contributed by atoms with van der Waals surface area (Å²) in [7, 11) is 0. The lowest BCUT2D eigenvalue weighted by Gasteiger charge is -2.02. The lowest BCUT2D eigenvalue weighted by atomic mass is 10.2. The van der Waals surface area contributed by atoms with Crippen LogP contribution in [0.15, 0.2) is 24.5 Å². The number of primary amides is 1. The number of amides is 1. The minimum atomic E-state index is -0.512. The van der Waals surface area contributed by atoms with Gasteiger partial charge in [-0.15, -0.1) is 12.4 Å². The van der Waals surface area contributed by atoms with E-state index in [2.05, 4.69) is 6.92 Å². The molecule has 0 saturated carbocycles. The summed E-state index contributed by atoms with van der Waals surface area (Å²) in [6, 6.07) is 3.28. The number of pyridine rings is 1. The van der Waals surface area contributed by atoms with Gasteiger partial charge in [0, 0.05) is 6.07 Å². The van der Waals surface area contributed by atoms with Gasteiger partial charge in [-0.25, -0.2) is 4.79 Å². The van der Waals surface area contributed by atoms with Crippen LogP contribution in [0.1, 0.15) is 43.0 Å². The summed E-state index contributed by atoms with van der Waals surface area (Å²) < 4.78 is 6.71. The normalized spacial score (nSPS) is 9.65. The SMILES string of the molecule is CCCCCCOC(=O)C[n+]1cccc(C(N)=O)c1.Cl. The van der Waals surface area contributed by atoms with E-state index in [1.807, 2.05) is 0 Å². The number of rotatable bonds is 8. The molecule has 0 bridgehead atoms. The zero-order valence-corrected chi connectivity index (χ0v) is 12.5. The summed E-state index contributed by atoms with van der Waals surface area (Å²) in [6.45, 7) is 2.68. The summed E-state index contributed by atoms with van der Waals surface area (Å²) in [4.78, 5) is 22.6. The lowest BCUT2D eigenvalue weighted by Crippen LogP contribution is -2.39. The first kappa shape index (κ1) is 18.4. The number of carbonyl (C=O) groups is 2. The molecule has 0 aliphatic carbocycles. The third kappa shape index (κ3) is 7.09. The van der Waals surface area contributed by atoms with Crippen LogP contribution in [-0.4, -0.2) is 18.5 Å². The predicted octanol–water partition coefficient (Wildman–Crippen LogP) is 1.62. The van der Waals surface area contributed by atoms with Crippen molar-refractivity contribution in [2.24, 2.45) is 5.73 Å². The van der Waals surface area contributed by atoms with Gasteiger partial charge in [0.25, 0.3) is 5.91 Å². The zero-order valence-electron chi connectivity index (χ0n) is 11.7. The average Bonchev–Trinajstić information content (AvgIpc) is 2.38. The Morgan fingerprint density at radius 1 is 1.30 bits per heavy atom. The number of aromatic nitrogens is 1. The minimum Gasteiger partial charge on any atom is -0.461 e. The predicted molar refractivity (Wildman–Crippen MR) is 77.5 cm³/mol. The van der Waals surface area contributed by atoms with Crippen LogP contribution < -0.4 is 10.3 Å². The minimum absolute atomic E-state index is 0. The summed E-state index contributed by atoms with van der Waals surface area (Å²) in [5.74, 6) is -0.814. The number of hydrogen-bond acceptors (Lipinski definition) is 3. The van der Waals surface area contributed by atoms with Crippen molar-refractivity contribution in [2.45, 2.75) is 39.2 Å². The first-order chi connectivity index (χ1) is 9.13. The number of halogens is 1. The topological polar surface area (TPSA) is 73.3 Å². The van der Waals surface area contributed by atoms with Crippen LogP contribution >= 0.6 is 12.4 Å². The summed E-state index contributed by atoms with van der Waals surface area (Å²) >= 11 is 0. The van der Waals surface area contributed by atoms with Gasteiger partial charge in [-0.2, -0.15) is 4.57 Å².